The van der Waals surface area contributed by atoms with E-state index >= 15 is 0 Å². The molecule has 27 heavy (non-hydrogen) atoms. The number of anilines is 1. The van der Waals surface area contributed by atoms with Crippen LogP contribution in [0.3, 0.4) is 0 Å². The van der Waals surface area contributed by atoms with Crippen LogP contribution in [-0.2, 0) is 14.3 Å². The molecule has 0 fully saturated rings. The van der Waals surface area contributed by atoms with Crippen molar-refractivity contribution in [1.82, 2.24) is 4.98 Å². The summed E-state index contributed by atoms with van der Waals surface area (Å²) in [6.07, 6.45) is 1.75. The molecule has 3 aromatic rings. The number of nitrogens with one attached hydrogen (secondary N) is 1. The number of aromatic nitrogens is 1. The number of para-hydroxylation sites is 1. The zero-order chi connectivity index (χ0) is 19.4. The smallest absolute Gasteiger partial charge is 0.331 e. The van der Waals surface area contributed by atoms with E-state index in [0.717, 1.165) is 10.2 Å². The molecule has 5 nitrogen and oxygen atoms in total. The first-order valence-electron chi connectivity index (χ1n) is 8.23. The number of ether oxygens (including phenoxy) is 1. The Balaban J connectivity index is 1.57. The minimum absolute atomic E-state index is 0.302. The Morgan fingerprint density at radius 1 is 1.26 bits per heavy atom. The third-order valence-electron chi connectivity index (χ3n) is 3.77. The van der Waals surface area contributed by atoms with E-state index in [1.807, 2.05) is 24.3 Å². The molecule has 0 spiro atoms. The van der Waals surface area contributed by atoms with Crippen LogP contribution in [0.5, 0.6) is 0 Å². The number of thiazole rings is 1. The van der Waals surface area contributed by atoms with Gasteiger partial charge in [-0.2, -0.15) is 0 Å². The topological polar surface area (TPSA) is 68.3 Å². The highest BCUT2D eigenvalue weighted by Gasteiger charge is 2.17. The van der Waals surface area contributed by atoms with Crippen LogP contribution in [0.25, 0.3) is 16.3 Å². The average molecular weight is 384 g/mol. The number of hydrogen-bond donors (Lipinski definition) is 1. The van der Waals surface area contributed by atoms with Gasteiger partial charge in [0.25, 0.3) is 5.91 Å². The van der Waals surface area contributed by atoms with Crippen molar-refractivity contribution in [3.8, 4) is 0 Å². The van der Waals surface area contributed by atoms with E-state index < -0.39 is 23.8 Å². The Morgan fingerprint density at radius 2 is 2.04 bits per heavy atom. The Morgan fingerprint density at radius 3 is 2.78 bits per heavy atom. The lowest BCUT2D eigenvalue weighted by Gasteiger charge is -2.12. The van der Waals surface area contributed by atoms with Gasteiger partial charge in [0.1, 0.15) is 10.8 Å². The second-order valence-electron chi connectivity index (χ2n) is 5.89. The third kappa shape index (κ3) is 4.77. The summed E-state index contributed by atoms with van der Waals surface area (Å²) in [5.74, 6) is -1.62. The van der Waals surface area contributed by atoms with Crippen molar-refractivity contribution in [2.75, 3.05) is 5.32 Å². The van der Waals surface area contributed by atoms with Gasteiger partial charge in [0.15, 0.2) is 6.10 Å². The average Bonchev–Trinajstić information content (AvgIpc) is 3.06. The Labute approximate surface area is 159 Å². The molecule has 1 N–H and O–H groups in total. The molecule has 1 amide bonds. The van der Waals surface area contributed by atoms with Crippen LogP contribution < -0.4 is 5.32 Å². The molecule has 3 rings (SSSR count). The van der Waals surface area contributed by atoms with Crippen molar-refractivity contribution in [2.24, 2.45) is 0 Å². The van der Waals surface area contributed by atoms with Gasteiger partial charge in [0.2, 0.25) is 0 Å². The molecule has 0 aliphatic heterocycles. The van der Waals surface area contributed by atoms with Gasteiger partial charge in [-0.15, -0.1) is 11.3 Å². The van der Waals surface area contributed by atoms with E-state index in [9.17, 15) is 14.0 Å². The highest BCUT2D eigenvalue weighted by Crippen LogP contribution is 2.22. The molecule has 0 unspecified atom stereocenters. The number of hydrogen-bond acceptors (Lipinski definition) is 5. The number of nitrogens with zero attached hydrogens (tertiary/aromatic N) is 1. The van der Waals surface area contributed by atoms with Crippen molar-refractivity contribution in [3.05, 3.63) is 64.9 Å². The lowest BCUT2D eigenvalue weighted by molar-refractivity contribution is -0.148. The SMILES string of the molecule is Cc1ccc(NC(=O)[C@H](C)OC(=O)/C=C/c2nc3ccccc3s2)cc1F. The minimum atomic E-state index is -1.03. The maximum Gasteiger partial charge on any atom is 0.331 e. The Kier molecular flexibility index (Phi) is 5.61. The summed E-state index contributed by atoms with van der Waals surface area (Å²) in [4.78, 5) is 28.4. The van der Waals surface area contributed by atoms with E-state index in [0.29, 0.717) is 16.3 Å². The summed E-state index contributed by atoms with van der Waals surface area (Å²) in [6, 6.07) is 12.0. The van der Waals surface area contributed by atoms with Gasteiger partial charge in [0.05, 0.1) is 10.2 Å². The van der Waals surface area contributed by atoms with E-state index in [2.05, 4.69) is 10.3 Å². The zero-order valence-corrected chi connectivity index (χ0v) is 15.5. The number of benzene rings is 2. The van der Waals surface area contributed by atoms with E-state index in [1.54, 1.807) is 25.1 Å². The van der Waals surface area contributed by atoms with E-state index in [-0.39, 0.29) is 0 Å². The van der Waals surface area contributed by atoms with Gasteiger partial charge in [-0.25, -0.2) is 14.2 Å². The fourth-order valence-corrected chi connectivity index (χ4v) is 3.15. The maximum absolute atomic E-state index is 13.5. The fourth-order valence-electron chi connectivity index (χ4n) is 2.28. The van der Waals surface area contributed by atoms with Crippen molar-refractivity contribution in [3.63, 3.8) is 0 Å². The van der Waals surface area contributed by atoms with Gasteiger partial charge < -0.3 is 10.1 Å². The second-order valence-corrected chi connectivity index (χ2v) is 6.95. The number of esters is 1. The van der Waals surface area contributed by atoms with Gasteiger partial charge in [0, 0.05) is 11.8 Å². The normalized spacial score (nSPS) is 12.3. The van der Waals surface area contributed by atoms with Crippen molar-refractivity contribution < 1.29 is 18.7 Å². The molecule has 138 valence electrons. The molecule has 1 aromatic heterocycles. The van der Waals surface area contributed by atoms with Crippen LogP contribution in [0.2, 0.25) is 0 Å². The molecule has 0 radical (unpaired) electrons. The molecule has 7 heteroatoms. The van der Waals surface area contributed by atoms with Crippen LogP contribution in [0, 0.1) is 12.7 Å². The Hall–Kier alpha value is -3.06. The summed E-state index contributed by atoms with van der Waals surface area (Å²) >= 11 is 1.45. The highest BCUT2D eigenvalue weighted by atomic mass is 32.1. The molecule has 2 aromatic carbocycles. The standard InChI is InChI=1S/C20H17FN2O3S/c1-12-7-8-14(11-15(12)21)22-20(25)13(2)26-19(24)10-9-18-23-16-5-3-4-6-17(16)27-18/h3-11,13H,1-2H3,(H,22,25)/b10-9+/t13-/m0/s1. The number of halogens is 1. The third-order valence-corrected chi connectivity index (χ3v) is 4.78. The molecule has 0 saturated carbocycles. The van der Waals surface area contributed by atoms with E-state index in [1.165, 1.54) is 30.4 Å². The predicted molar refractivity (Wildman–Crippen MR) is 104 cm³/mol. The van der Waals surface area contributed by atoms with Crippen LogP contribution in [0.15, 0.2) is 48.5 Å². The largest absolute Gasteiger partial charge is 0.449 e. The number of amides is 1. The monoisotopic (exact) mass is 384 g/mol. The predicted octanol–water partition coefficient (Wildman–Crippen LogP) is 4.33. The maximum atomic E-state index is 13.5. The summed E-state index contributed by atoms with van der Waals surface area (Å²) in [5, 5.41) is 3.18. The van der Waals surface area contributed by atoms with Gasteiger partial charge in [-0.1, -0.05) is 18.2 Å². The quantitative estimate of drug-likeness (QED) is 0.525. The summed E-state index contributed by atoms with van der Waals surface area (Å²) < 4.78 is 19.6. The fraction of sp³-hybridized carbons (Fsp3) is 0.150. The molecule has 1 heterocycles. The Bertz CT molecular complexity index is 996. The number of carbonyl (C=O) groups excluding carboxylic acids is 2. The van der Waals surface area contributed by atoms with Crippen LogP contribution in [0.1, 0.15) is 17.5 Å². The molecule has 0 aliphatic carbocycles. The van der Waals surface area contributed by atoms with Gasteiger partial charge in [-0.05, 0) is 49.8 Å². The van der Waals surface area contributed by atoms with Crippen molar-refractivity contribution >= 4 is 45.2 Å². The van der Waals surface area contributed by atoms with E-state index in [4.69, 9.17) is 4.74 Å². The van der Waals surface area contributed by atoms with Gasteiger partial charge >= 0.3 is 5.97 Å². The first-order valence-corrected chi connectivity index (χ1v) is 9.05. The summed E-state index contributed by atoms with van der Waals surface area (Å²) in [7, 11) is 0. The van der Waals surface area contributed by atoms with Gasteiger partial charge in [-0.3, -0.25) is 4.79 Å². The number of aryl methyl sites for hydroxylation is 1. The number of carbonyl (C=O) groups is 2. The molecule has 0 saturated heterocycles. The molecular formula is C20H17FN2O3S. The number of rotatable bonds is 5. The van der Waals surface area contributed by atoms with Crippen molar-refractivity contribution in [2.45, 2.75) is 20.0 Å². The second kappa shape index (κ2) is 8.09. The minimum Gasteiger partial charge on any atom is -0.449 e. The molecular weight excluding hydrogens is 367 g/mol. The van der Waals surface area contributed by atoms with Crippen LogP contribution in [0.4, 0.5) is 10.1 Å². The first-order chi connectivity index (χ1) is 12.9. The summed E-state index contributed by atoms with van der Waals surface area (Å²) in [5.41, 5.74) is 1.64. The molecule has 1 atom stereocenters. The molecule has 0 bridgehead atoms. The zero-order valence-electron chi connectivity index (χ0n) is 14.7. The first kappa shape index (κ1) is 18.7. The van der Waals surface area contributed by atoms with Crippen LogP contribution in [-0.4, -0.2) is 23.0 Å². The lowest BCUT2D eigenvalue weighted by atomic mass is 10.2. The van der Waals surface area contributed by atoms with Crippen LogP contribution >= 0.6 is 11.3 Å². The summed E-state index contributed by atoms with van der Waals surface area (Å²) in [6.45, 7) is 3.08. The number of fused-ring (bicyclic) bond motifs is 1. The van der Waals surface area contributed by atoms with Crippen molar-refractivity contribution in [1.29, 1.82) is 0 Å². The lowest BCUT2D eigenvalue weighted by Crippen LogP contribution is -2.29. The highest BCUT2D eigenvalue weighted by molar-refractivity contribution is 7.19. The molecule has 0 aliphatic rings.